The van der Waals surface area contributed by atoms with E-state index < -0.39 is 5.41 Å². The maximum Gasteiger partial charge on any atom is 0.238 e. The number of aromatic nitrogens is 1. The zero-order valence-electron chi connectivity index (χ0n) is 9.07. The number of amides is 1. The summed E-state index contributed by atoms with van der Waals surface area (Å²) in [5.74, 6) is 0.343. The van der Waals surface area contributed by atoms with Gasteiger partial charge in [-0.05, 0) is 40.9 Å². The first-order chi connectivity index (χ1) is 8.06. The van der Waals surface area contributed by atoms with Crippen LogP contribution in [-0.2, 0) is 4.79 Å². The maximum absolute atomic E-state index is 12.2. The Labute approximate surface area is 113 Å². The molecular formula is C11H12BrN3OS. The molecule has 0 atom stereocenters. The molecule has 1 amide bonds. The summed E-state index contributed by atoms with van der Waals surface area (Å²) >= 11 is 8.32. The zero-order chi connectivity index (χ0) is 12.5. The van der Waals surface area contributed by atoms with Crippen LogP contribution in [0.25, 0.3) is 0 Å². The van der Waals surface area contributed by atoms with Gasteiger partial charge in [-0.1, -0.05) is 18.6 Å². The van der Waals surface area contributed by atoms with Crippen molar-refractivity contribution in [1.82, 2.24) is 4.98 Å². The van der Waals surface area contributed by atoms with Gasteiger partial charge in [0.25, 0.3) is 0 Å². The molecule has 1 aromatic rings. The van der Waals surface area contributed by atoms with E-state index in [0.29, 0.717) is 5.82 Å². The van der Waals surface area contributed by atoms with Crippen LogP contribution in [0.1, 0.15) is 19.3 Å². The third-order valence-electron chi connectivity index (χ3n) is 3.10. The molecule has 0 bridgehead atoms. The third-order valence-corrected chi connectivity index (χ3v) is 4.13. The number of pyridine rings is 1. The molecule has 0 spiro atoms. The second-order valence-electron chi connectivity index (χ2n) is 4.09. The standard InChI is InChI=1S/C11H12BrN3OS/c12-7-3-1-6-14-8(7)15-10(16)11(9(13)17)4-2-5-11/h1,3,6H,2,4-5H2,(H2,13,17)(H,14,15,16). The lowest BCUT2D eigenvalue weighted by Gasteiger charge is -2.38. The number of nitrogens with one attached hydrogen (secondary N) is 1. The zero-order valence-corrected chi connectivity index (χ0v) is 11.5. The number of halogens is 1. The molecule has 0 radical (unpaired) electrons. The Morgan fingerprint density at radius 2 is 2.29 bits per heavy atom. The Morgan fingerprint density at radius 1 is 1.59 bits per heavy atom. The molecular weight excluding hydrogens is 302 g/mol. The van der Waals surface area contributed by atoms with Crippen LogP contribution in [0.3, 0.4) is 0 Å². The van der Waals surface area contributed by atoms with Crippen LogP contribution in [0.4, 0.5) is 5.82 Å². The highest BCUT2D eigenvalue weighted by atomic mass is 79.9. The molecule has 0 unspecified atom stereocenters. The summed E-state index contributed by atoms with van der Waals surface area (Å²) in [4.78, 5) is 16.5. The van der Waals surface area contributed by atoms with Crippen LogP contribution in [0, 0.1) is 5.41 Å². The van der Waals surface area contributed by atoms with E-state index in [4.69, 9.17) is 18.0 Å². The summed E-state index contributed by atoms with van der Waals surface area (Å²) < 4.78 is 0.741. The highest BCUT2D eigenvalue weighted by Gasteiger charge is 2.47. The quantitative estimate of drug-likeness (QED) is 0.840. The SMILES string of the molecule is NC(=S)C1(C(=O)Nc2ncccc2Br)CCC1. The van der Waals surface area contributed by atoms with Crippen molar-refractivity contribution >= 4 is 44.9 Å². The predicted molar refractivity (Wildman–Crippen MR) is 73.6 cm³/mol. The van der Waals surface area contributed by atoms with Crippen LogP contribution in [-0.4, -0.2) is 15.9 Å². The number of anilines is 1. The number of thiocarbonyl (C=S) groups is 1. The number of nitrogens with two attached hydrogens (primary N) is 1. The van der Waals surface area contributed by atoms with Gasteiger partial charge in [-0.25, -0.2) is 4.98 Å². The topological polar surface area (TPSA) is 68.0 Å². The van der Waals surface area contributed by atoms with Crippen molar-refractivity contribution in [3.63, 3.8) is 0 Å². The van der Waals surface area contributed by atoms with Crippen LogP contribution >= 0.6 is 28.1 Å². The molecule has 1 heterocycles. The normalized spacial score (nSPS) is 17.0. The molecule has 0 aliphatic heterocycles. The van der Waals surface area contributed by atoms with Gasteiger partial charge in [0, 0.05) is 6.20 Å². The number of carbonyl (C=O) groups is 1. The maximum atomic E-state index is 12.2. The number of rotatable bonds is 3. The first kappa shape index (κ1) is 12.4. The molecule has 6 heteroatoms. The first-order valence-electron chi connectivity index (χ1n) is 5.28. The molecule has 1 aromatic heterocycles. The van der Waals surface area contributed by atoms with Gasteiger partial charge in [-0.15, -0.1) is 0 Å². The monoisotopic (exact) mass is 313 g/mol. The summed E-state index contributed by atoms with van der Waals surface area (Å²) in [6.07, 6.45) is 4.04. The van der Waals surface area contributed by atoms with E-state index in [2.05, 4.69) is 26.2 Å². The van der Waals surface area contributed by atoms with E-state index in [0.717, 1.165) is 23.7 Å². The minimum absolute atomic E-state index is 0.157. The summed E-state index contributed by atoms with van der Waals surface area (Å²) in [7, 11) is 0. The molecule has 3 N–H and O–H groups in total. The highest BCUT2D eigenvalue weighted by molar-refractivity contribution is 9.10. The molecule has 2 rings (SSSR count). The van der Waals surface area contributed by atoms with Crippen molar-refractivity contribution in [3.8, 4) is 0 Å². The Kier molecular flexibility index (Phi) is 3.44. The fourth-order valence-electron chi connectivity index (χ4n) is 1.82. The van der Waals surface area contributed by atoms with Crippen molar-refractivity contribution < 1.29 is 4.79 Å². The summed E-state index contributed by atoms with van der Waals surface area (Å²) in [6.45, 7) is 0. The van der Waals surface area contributed by atoms with Gasteiger partial charge in [0.1, 0.15) is 5.82 Å². The van der Waals surface area contributed by atoms with Gasteiger partial charge < -0.3 is 11.1 Å². The van der Waals surface area contributed by atoms with Gasteiger partial charge in [-0.2, -0.15) is 0 Å². The molecule has 0 aromatic carbocycles. The van der Waals surface area contributed by atoms with Crippen molar-refractivity contribution in [1.29, 1.82) is 0 Å². The van der Waals surface area contributed by atoms with Crippen LogP contribution in [0.2, 0.25) is 0 Å². The van der Waals surface area contributed by atoms with Crippen LogP contribution in [0.5, 0.6) is 0 Å². The van der Waals surface area contributed by atoms with E-state index in [-0.39, 0.29) is 10.9 Å². The lowest BCUT2D eigenvalue weighted by molar-refractivity contribution is -0.125. The summed E-state index contributed by atoms with van der Waals surface area (Å²) in [5, 5.41) is 2.77. The molecule has 1 fully saturated rings. The minimum Gasteiger partial charge on any atom is -0.392 e. The minimum atomic E-state index is -0.674. The van der Waals surface area contributed by atoms with Crippen molar-refractivity contribution in [3.05, 3.63) is 22.8 Å². The average Bonchev–Trinajstić information content (AvgIpc) is 2.19. The molecule has 17 heavy (non-hydrogen) atoms. The molecule has 1 aliphatic carbocycles. The number of carbonyl (C=O) groups excluding carboxylic acids is 1. The van der Waals surface area contributed by atoms with Gasteiger partial charge in [0.2, 0.25) is 5.91 Å². The summed E-state index contributed by atoms with van der Waals surface area (Å²) in [5.41, 5.74) is 4.99. The predicted octanol–water partition coefficient (Wildman–Crippen LogP) is 2.24. The smallest absolute Gasteiger partial charge is 0.238 e. The van der Waals surface area contributed by atoms with Gasteiger partial charge >= 0.3 is 0 Å². The van der Waals surface area contributed by atoms with Gasteiger partial charge in [0.05, 0.1) is 14.9 Å². The molecule has 1 saturated carbocycles. The molecule has 4 nitrogen and oxygen atoms in total. The number of hydrogen-bond donors (Lipinski definition) is 2. The van der Waals surface area contributed by atoms with Crippen molar-refractivity contribution in [2.75, 3.05) is 5.32 Å². The highest BCUT2D eigenvalue weighted by Crippen LogP contribution is 2.42. The second-order valence-corrected chi connectivity index (χ2v) is 5.38. The number of hydrogen-bond acceptors (Lipinski definition) is 3. The largest absolute Gasteiger partial charge is 0.392 e. The average molecular weight is 314 g/mol. The van der Waals surface area contributed by atoms with E-state index in [9.17, 15) is 4.79 Å². The lowest BCUT2D eigenvalue weighted by atomic mass is 9.68. The Balaban J connectivity index is 2.17. The fourth-order valence-corrected chi connectivity index (χ4v) is 2.47. The fraction of sp³-hybridized carbons (Fsp3) is 0.364. The van der Waals surface area contributed by atoms with E-state index in [1.807, 2.05) is 6.07 Å². The van der Waals surface area contributed by atoms with E-state index in [1.54, 1.807) is 12.3 Å². The molecule has 90 valence electrons. The number of nitrogens with zero attached hydrogens (tertiary/aromatic N) is 1. The first-order valence-corrected chi connectivity index (χ1v) is 6.48. The Hall–Kier alpha value is -1.01. The third kappa shape index (κ3) is 2.19. The summed E-state index contributed by atoms with van der Waals surface area (Å²) in [6, 6.07) is 3.60. The van der Waals surface area contributed by atoms with Crippen LogP contribution in [0.15, 0.2) is 22.8 Å². The Bertz CT molecular complexity index is 474. The van der Waals surface area contributed by atoms with Crippen LogP contribution < -0.4 is 11.1 Å². The lowest BCUT2D eigenvalue weighted by Crippen LogP contribution is -2.50. The molecule has 1 aliphatic rings. The second kappa shape index (κ2) is 4.70. The van der Waals surface area contributed by atoms with Crippen molar-refractivity contribution in [2.24, 2.45) is 11.1 Å². The van der Waals surface area contributed by atoms with Crippen molar-refractivity contribution in [2.45, 2.75) is 19.3 Å². The van der Waals surface area contributed by atoms with Gasteiger partial charge in [0.15, 0.2) is 0 Å². The Morgan fingerprint density at radius 3 is 2.76 bits per heavy atom. The van der Waals surface area contributed by atoms with Gasteiger partial charge in [-0.3, -0.25) is 4.79 Å². The molecule has 0 saturated heterocycles. The van der Waals surface area contributed by atoms with E-state index >= 15 is 0 Å². The van der Waals surface area contributed by atoms with E-state index in [1.165, 1.54) is 0 Å².